The summed E-state index contributed by atoms with van der Waals surface area (Å²) >= 11 is 0. The van der Waals surface area contributed by atoms with Crippen LogP contribution >= 0.6 is 0 Å². The number of carboxylic acid groups (broad SMARTS) is 1. The zero-order valence-electron chi connectivity index (χ0n) is 23.4. The SMILES string of the molecule is CCO[C@H](c1cc(COc2cccc([C@H](CC(=O)O)C3(C)CC3)c2F)ccc1-c1ccccc1F)C(C)(C)C. The molecular weight excluding hydrogens is 498 g/mol. The smallest absolute Gasteiger partial charge is 0.303 e. The number of carbonyl (C=O) groups is 1. The van der Waals surface area contributed by atoms with Crippen molar-refractivity contribution in [1.29, 1.82) is 0 Å². The molecule has 0 saturated heterocycles. The summed E-state index contributed by atoms with van der Waals surface area (Å²) in [6.07, 6.45) is 1.32. The Labute approximate surface area is 230 Å². The number of hydrogen-bond donors (Lipinski definition) is 1. The van der Waals surface area contributed by atoms with Crippen molar-refractivity contribution in [2.75, 3.05) is 6.61 Å². The second-order valence-electron chi connectivity index (χ2n) is 11.9. The largest absolute Gasteiger partial charge is 0.486 e. The molecule has 0 heterocycles. The van der Waals surface area contributed by atoms with Gasteiger partial charge in [0.25, 0.3) is 0 Å². The summed E-state index contributed by atoms with van der Waals surface area (Å²) in [5.74, 6) is -2.09. The zero-order chi connectivity index (χ0) is 28.4. The van der Waals surface area contributed by atoms with Gasteiger partial charge in [-0.15, -0.1) is 0 Å². The van der Waals surface area contributed by atoms with E-state index in [9.17, 15) is 14.3 Å². The molecule has 3 aromatic rings. The first-order valence-electron chi connectivity index (χ1n) is 13.6. The van der Waals surface area contributed by atoms with Crippen LogP contribution in [0.1, 0.15) is 82.6 Å². The van der Waals surface area contributed by atoms with E-state index in [1.807, 2.05) is 32.0 Å². The monoisotopic (exact) mass is 536 g/mol. The van der Waals surface area contributed by atoms with Crippen LogP contribution in [0.5, 0.6) is 5.75 Å². The molecule has 208 valence electrons. The number of rotatable bonds is 11. The fourth-order valence-corrected chi connectivity index (χ4v) is 5.34. The lowest BCUT2D eigenvalue weighted by molar-refractivity contribution is -0.137. The summed E-state index contributed by atoms with van der Waals surface area (Å²) < 4.78 is 42.6. The molecule has 1 N–H and O–H groups in total. The molecule has 4 nitrogen and oxygen atoms in total. The Kier molecular flexibility index (Phi) is 8.45. The first kappa shape index (κ1) is 28.8. The van der Waals surface area contributed by atoms with Crippen LogP contribution in [0.25, 0.3) is 11.1 Å². The van der Waals surface area contributed by atoms with Gasteiger partial charge in [0.2, 0.25) is 0 Å². The molecule has 6 heteroatoms. The van der Waals surface area contributed by atoms with Crippen LogP contribution in [0, 0.1) is 22.5 Å². The highest BCUT2D eigenvalue weighted by Crippen LogP contribution is 2.57. The molecule has 39 heavy (non-hydrogen) atoms. The first-order chi connectivity index (χ1) is 18.4. The van der Waals surface area contributed by atoms with Crippen molar-refractivity contribution in [2.24, 2.45) is 10.8 Å². The number of aliphatic carboxylic acids is 1. The fourth-order valence-electron chi connectivity index (χ4n) is 5.34. The Morgan fingerprint density at radius 3 is 2.33 bits per heavy atom. The Morgan fingerprint density at radius 1 is 1.00 bits per heavy atom. The molecule has 1 saturated carbocycles. The van der Waals surface area contributed by atoms with E-state index < -0.39 is 17.7 Å². The lowest BCUT2D eigenvalue weighted by Crippen LogP contribution is -2.22. The fraction of sp³-hybridized carbons (Fsp3) is 0.424. The van der Waals surface area contributed by atoms with Crippen molar-refractivity contribution in [2.45, 2.75) is 72.5 Å². The molecule has 1 fully saturated rings. The Bertz CT molecular complexity index is 1320. The molecule has 0 unspecified atom stereocenters. The number of ether oxygens (including phenoxy) is 2. The van der Waals surface area contributed by atoms with Gasteiger partial charge in [-0.2, -0.15) is 0 Å². The van der Waals surface area contributed by atoms with Gasteiger partial charge in [0.05, 0.1) is 12.5 Å². The van der Waals surface area contributed by atoms with Gasteiger partial charge < -0.3 is 14.6 Å². The summed E-state index contributed by atoms with van der Waals surface area (Å²) in [4.78, 5) is 11.5. The number of benzene rings is 3. The van der Waals surface area contributed by atoms with E-state index in [1.54, 1.807) is 36.4 Å². The molecule has 0 spiro atoms. The van der Waals surface area contributed by atoms with Crippen LogP contribution < -0.4 is 4.74 Å². The molecule has 0 aliphatic heterocycles. The van der Waals surface area contributed by atoms with Gasteiger partial charge in [0.15, 0.2) is 11.6 Å². The molecule has 0 radical (unpaired) electrons. The van der Waals surface area contributed by atoms with Gasteiger partial charge >= 0.3 is 5.97 Å². The lowest BCUT2D eigenvalue weighted by Gasteiger charge is -2.32. The number of hydrogen-bond acceptors (Lipinski definition) is 3. The minimum Gasteiger partial charge on any atom is -0.486 e. The minimum absolute atomic E-state index is 0.0871. The van der Waals surface area contributed by atoms with Crippen LogP contribution in [-0.2, 0) is 16.1 Å². The van der Waals surface area contributed by atoms with E-state index in [1.165, 1.54) is 6.07 Å². The van der Waals surface area contributed by atoms with E-state index in [2.05, 4.69) is 20.8 Å². The van der Waals surface area contributed by atoms with E-state index in [0.29, 0.717) is 17.7 Å². The van der Waals surface area contributed by atoms with Crippen molar-refractivity contribution in [3.05, 3.63) is 89.0 Å². The number of carboxylic acids is 1. The quantitative estimate of drug-likeness (QED) is 0.266. The second-order valence-corrected chi connectivity index (χ2v) is 11.9. The van der Waals surface area contributed by atoms with E-state index in [-0.39, 0.29) is 41.5 Å². The molecular formula is C33H38F2O4. The highest BCUT2D eigenvalue weighted by Gasteiger charge is 2.47. The maximum absolute atomic E-state index is 15.6. The van der Waals surface area contributed by atoms with Crippen molar-refractivity contribution in [3.63, 3.8) is 0 Å². The zero-order valence-corrected chi connectivity index (χ0v) is 23.4. The molecule has 1 aliphatic rings. The second kappa shape index (κ2) is 11.5. The Balaban J connectivity index is 1.67. The molecule has 0 bridgehead atoms. The maximum Gasteiger partial charge on any atom is 0.303 e. The van der Waals surface area contributed by atoms with Gasteiger partial charge in [0, 0.05) is 18.1 Å². The standard InChI is InChI=1S/C33H38F2O4/c1-6-38-31(32(2,3)4)25-18-21(14-15-22(25)23-10-7-8-12-27(23)34)20-39-28-13-9-11-24(30(28)35)26(19-29(36)37)33(5)16-17-33/h7-15,18,26,31H,6,16-17,19-20H2,1-5H3,(H,36,37)/t26-,31+/m0/s1. The van der Waals surface area contributed by atoms with Crippen LogP contribution in [0.15, 0.2) is 60.7 Å². The molecule has 3 aromatic carbocycles. The normalized spacial score (nSPS) is 16.0. The maximum atomic E-state index is 15.6. The third-order valence-corrected chi connectivity index (χ3v) is 7.70. The Hall–Kier alpha value is -3.25. The number of halogens is 2. The van der Waals surface area contributed by atoms with Gasteiger partial charge in [-0.25, -0.2) is 8.78 Å². The average molecular weight is 537 g/mol. The van der Waals surface area contributed by atoms with E-state index >= 15 is 4.39 Å². The summed E-state index contributed by atoms with van der Waals surface area (Å²) in [6, 6.07) is 17.3. The van der Waals surface area contributed by atoms with E-state index in [4.69, 9.17) is 9.47 Å². The van der Waals surface area contributed by atoms with E-state index in [0.717, 1.165) is 29.5 Å². The highest BCUT2D eigenvalue weighted by molar-refractivity contribution is 5.69. The summed E-state index contributed by atoms with van der Waals surface area (Å²) in [7, 11) is 0. The molecule has 1 aliphatic carbocycles. The first-order valence-corrected chi connectivity index (χ1v) is 13.6. The minimum atomic E-state index is -0.941. The van der Waals surface area contributed by atoms with Crippen molar-refractivity contribution in [1.82, 2.24) is 0 Å². The van der Waals surface area contributed by atoms with Crippen LogP contribution in [0.2, 0.25) is 0 Å². The van der Waals surface area contributed by atoms with Gasteiger partial charge in [0.1, 0.15) is 12.4 Å². The third kappa shape index (κ3) is 6.50. The van der Waals surface area contributed by atoms with Gasteiger partial charge in [-0.3, -0.25) is 4.79 Å². The van der Waals surface area contributed by atoms with Gasteiger partial charge in [-0.05, 0) is 71.0 Å². The lowest BCUT2D eigenvalue weighted by atomic mass is 9.81. The topological polar surface area (TPSA) is 55.8 Å². The average Bonchev–Trinajstić information content (AvgIpc) is 3.63. The predicted octanol–water partition coefficient (Wildman–Crippen LogP) is 8.69. The van der Waals surface area contributed by atoms with Gasteiger partial charge in [-0.1, -0.05) is 70.2 Å². The summed E-state index contributed by atoms with van der Waals surface area (Å²) in [5, 5.41) is 9.45. The molecule has 4 rings (SSSR count). The predicted molar refractivity (Wildman–Crippen MR) is 149 cm³/mol. The molecule has 0 aromatic heterocycles. The molecule has 0 amide bonds. The van der Waals surface area contributed by atoms with Crippen LogP contribution in [0.3, 0.4) is 0 Å². The third-order valence-electron chi connectivity index (χ3n) is 7.70. The molecule has 2 atom stereocenters. The Morgan fingerprint density at radius 2 is 1.72 bits per heavy atom. The van der Waals surface area contributed by atoms with Crippen LogP contribution in [-0.4, -0.2) is 17.7 Å². The summed E-state index contributed by atoms with van der Waals surface area (Å²) in [5.41, 5.74) is 2.77. The van der Waals surface area contributed by atoms with Crippen molar-refractivity contribution >= 4 is 5.97 Å². The van der Waals surface area contributed by atoms with Crippen molar-refractivity contribution < 1.29 is 28.2 Å². The highest BCUT2D eigenvalue weighted by atomic mass is 19.1. The van der Waals surface area contributed by atoms with Crippen molar-refractivity contribution in [3.8, 4) is 16.9 Å². The van der Waals surface area contributed by atoms with Crippen LogP contribution in [0.4, 0.5) is 8.78 Å². The summed E-state index contributed by atoms with van der Waals surface area (Å²) in [6.45, 7) is 10.8.